The zero-order valence-corrected chi connectivity index (χ0v) is 17.4. The number of nitrogens with zero attached hydrogens (tertiary/aromatic N) is 2. The molecule has 1 aromatic rings. The van der Waals surface area contributed by atoms with Gasteiger partial charge in [-0.15, -0.1) is 0 Å². The van der Waals surface area contributed by atoms with Crippen molar-refractivity contribution in [2.75, 3.05) is 33.9 Å². The maximum Gasteiger partial charge on any atom is 0.311 e. The first-order chi connectivity index (χ1) is 14.0. The molecule has 2 aliphatic rings. The fourth-order valence-electron chi connectivity index (χ4n) is 4.84. The lowest BCUT2D eigenvalue weighted by molar-refractivity contribution is -0.155. The zero-order valence-electron chi connectivity index (χ0n) is 17.4. The van der Waals surface area contributed by atoms with Crippen LogP contribution in [0.4, 0.5) is 0 Å². The number of esters is 1. The van der Waals surface area contributed by atoms with Crippen LogP contribution in [0.3, 0.4) is 0 Å². The minimum absolute atomic E-state index is 0.104. The third-order valence-electron chi connectivity index (χ3n) is 6.02. The first kappa shape index (κ1) is 21.3. The molecule has 2 aliphatic heterocycles. The number of carbonyl (C=O) groups excluding carboxylic acids is 3. The van der Waals surface area contributed by atoms with Gasteiger partial charge < -0.3 is 19.3 Å². The number of methoxy groups -OCH3 is 1. The Morgan fingerprint density at radius 1 is 1.21 bits per heavy atom. The van der Waals surface area contributed by atoms with Gasteiger partial charge in [0.2, 0.25) is 11.8 Å². The van der Waals surface area contributed by atoms with Gasteiger partial charge in [-0.2, -0.15) is 0 Å². The molecule has 3 rings (SSSR count). The maximum absolute atomic E-state index is 13.5. The van der Waals surface area contributed by atoms with E-state index in [1.807, 2.05) is 30.3 Å². The second kappa shape index (κ2) is 8.95. The van der Waals surface area contributed by atoms with Crippen molar-refractivity contribution in [1.29, 1.82) is 0 Å². The Balaban J connectivity index is 2.16. The van der Waals surface area contributed by atoms with E-state index in [1.54, 1.807) is 23.8 Å². The Morgan fingerprint density at radius 3 is 2.59 bits per heavy atom. The topological polar surface area (TPSA) is 76.2 Å². The second-order valence-corrected chi connectivity index (χ2v) is 7.83. The normalized spacial score (nSPS) is 27.2. The molecule has 29 heavy (non-hydrogen) atoms. The molecule has 1 spiro atoms. The molecule has 0 unspecified atom stereocenters. The molecule has 0 saturated carbocycles. The van der Waals surface area contributed by atoms with E-state index in [1.165, 1.54) is 7.11 Å². The lowest BCUT2D eigenvalue weighted by atomic mass is 9.85. The molecule has 0 aromatic heterocycles. The van der Waals surface area contributed by atoms with Gasteiger partial charge in [0.25, 0.3) is 0 Å². The van der Waals surface area contributed by atoms with Gasteiger partial charge in [0.05, 0.1) is 18.6 Å². The van der Waals surface area contributed by atoms with Crippen LogP contribution in [0.5, 0.6) is 0 Å². The van der Waals surface area contributed by atoms with Crippen molar-refractivity contribution in [2.24, 2.45) is 5.92 Å². The standard InChI is InChI=1S/C22H30N2O5/c1-4-29-20(26)17-14-22(12-8-9-13-23(2)21(22)27)24(18(25)15-28-3)19(17)16-10-6-5-7-11-16/h5-7,10-11,17,19H,4,8-9,12-15H2,1-3H3/t17-,19-,22-/m0/s1. The van der Waals surface area contributed by atoms with Gasteiger partial charge in [0.15, 0.2) is 0 Å². The molecule has 2 saturated heterocycles. The molecule has 7 nitrogen and oxygen atoms in total. The van der Waals surface area contributed by atoms with E-state index in [4.69, 9.17) is 9.47 Å². The van der Waals surface area contributed by atoms with E-state index >= 15 is 0 Å². The average molecular weight is 402 g/mol. The lowest BCUT2D eigenvalue weighted by Crippen LogP contribution is -2.57. The molecule has 0 radical (unpaired) electrons. The van der Waals surface area contributed by atoms with Crippen molar-refractivity contribution in [3.8, 4) is 0 Å². The number of amides is 2. The first-order valence-corrected chi connectivity index (χ1v) is 10.2. The van der Waals surface area contributed by atoms with Crippen molar-refractivity contribution < 1.29 is 23.9 Å². The summed E-state index contributed by atoms with van der Waals surface area (Å²) >= 11 is 0. The van der Waals surface area contributed by atoms with Crippen LogP contribution in [0.2, 0.25) is 0 Å². The number of rotatable bonds is 5. The number of hydrogen-bond donors (Lipinski definition) is 0. The summed E-state index contributed by atoms with van der Waals surface area (Å²) in [7, 11) is 3.23. The molecule has 0 aliphatic carbocycles. The summed E-state index contributed by atoms with van der Waals surface area (Å²) in [6.45, 7) is 2.52. The van der Waals surface area contributed by atoms with Crippen LogP contribution in [0.1, 0.15) is 44.2 Å². The van der Waals surface area contributed by atoms with Crippen LogP contribution in [-0.2, 0) is 23.9 Å². The van der Waals surface area contributed by atoms with Crippen LogP contribution in [0.15, 0.2) is 30.3 Å². The highest BCUT2D eigenvalue weighted by atomic mass is 16.5. The van der Waals surface area contributed by atoms with Gasteiger partial charge in [-0.25, -0.2) is 0 Å². The highest BCUT2D eigenvalue weighted by molar-refractivity contribution is 5.94. The van der Waals surface area contributed by atoms with Crippen LogP contribution in [0.25, 0.3) is 0 Å². The summed E-state index contributed by atoms with van der Waals surface area (Å²) in [5, 5.41) is 0. The summed E-state index contributed by atoms with van der Waals surface area (Å²) in [6, 6.07) is 8.88. The Labute approximate surface area is 171 Å². The number of likely N-dealkylation sites (N-methyl/N-ethyl adjacent to an activating group) is 1. The van der Waals surface area contributed by atoms with Crippen molar-refractivity contribution >= 4 is 17.8 Å². The fourth-order valence-corrected chi connectivity index (χ4v) is 4.84. The lowest BCUT2D eigenvalue weighted by Gasteiger charge is -2.40. The SMILES string of the molecule is CCOC(=O)[C@H]1C[C@]2(CCCCN(C)C2=O)N(C(=O)COC)[C@H]1c1ccccc1. The molecule has 1 aromatic carbocycles. The molecule has 0 N–H and O–H groups in total. The van der Waals surface area contributed by atoms with Gasteiger partial charge in [0, 0.05) is 20.7 Å². The predicted molar refractivity (Wildman–Crippen MR) is 107 cm³/mol. The molecule has 158 valence electrons. The van der Waals surface area contributed by atoms with Gasteiger partial charge >= 0.3 is 5.97 Å². The number of benzene rings is 1. The number of ether oxygens (including phenoxy) is 2. The van der Waals surface area contributed by atoms with E-state index < -0.39 is 17.5 Å². The minimum Gasteiger partial charge on any atom is -0.466 e. The summed E-state index contributed by atoms with van der Waals surface area (Å²) in [5.74, 6) is -1.36. The smallest absolute Gasteiger partial charge is 0.311 e. The Bertz CT molecular complexity index is 753. The molecular formula is C22H30N2O5. The van der Waals surface area contributed by atoms with Crippen LogP contribution >= 0.6 is 0 Å². The molecule has 0 bridgehead atoms. The predicted octanol–water partition coefficient (Wildman–Crippen LogP) is 2.17. The first-order valence-electron chi connectivity index (χ1n) is 10.2. The maximum atomic E-state index is 13.5. The van der Waals surface area contributed by atoms with Crippen LogP contribution in [-0.4, -0.2) is 67.0 Å². The summed E-state index contributed by atoms with van der Waals surface area (Å²) in [4.78, 5) is 43.1. The van der Waals surface area contributed by atoms with Crippen molar-refractivity contribution in [3.05, 3.63) is 35.9 Å². The monoisotopic (exact) mass is 402 g/mol. The fraction of sp³-hybridized carbons (Fsp3) is 0.591. The van der Waals surface area contributed by atoms with Gasteiger partial charge in [-0.05, 0) is 38.2 Å². The Hall–Kier alpha value is -2.41. The zero-order chi connectivity index (χ0) is 21.0. The molecule has 7 heteroatoms. The summed E-state index contributed by atoms with van der Waals surface area (Å²) in [6.07, 6.45) is 2.48. The van der Waals surface area contributed by atoms with Crippen molar-refractivity contribution in [2.45, 2.75) is 44.2 Å². The molecular weight excluding hydrogens is 372 g/mol. The van der Waals surface area contributed by atoms with Gasteiger partial charge in [-0.1, -0.05) is 30.3 Å². The summed E-state index contributed by atoms with van der Waals surface area (Å²) in [5.41, 5.74) is -0.231. The van der Waals surface area contributed by atoms with Crippen LogP contribution < -0.4 is 0 Å². The quantitative estimate of drug-likeness (QED) is 0.706. The van der Waals surface area contributed by atoms with Crippen LogP contribution in [0, 0.1) is 5.92 Å². The average Bonchev–Trinajstić information content (AvgIpc) is 3.01. The molecule has 2 fully saturated rings. The van der Waals surface area contributed by atoms with Gasteiger partial charge in [0.1, 0.15) is 12.1 Å². The second-order valence-electron chi connectivity index (χ2n) is 7.83. The third kappa shape index (κ3) is 3.88. The van der Waals surface area contributed by atoms with E-state index in [0.717, 1.165) is 18.4 Å². The number of hydrogen-bond acceptors (Lipinski definition) is 5. The largest absolute Gasteiger partial charge is 0.466 e. The number of likely N-dealkylation sites (tertiary alicyclic amines) is 2. The highest BCUT2D eigenvalue weighted by Gasteiger charge is 2.61. The van der Waals surface area contributed by atoms with Crippen molar-refractivity contribution in [1.82, 2.24) is 9.80 Å². The Morgan fingerprint density at radius 2 is 1.93 bits per heavy atom. The molecule has 2 heterocycles. The minimum atomic E-state index is -1.06. The van der Waals surface area contributed by atoms with E-state index in [2.05, 4.69) is 0 Å². The van der Waals surface area contributed by atoms with E-state index in [0.29, 0.717) is 13.0 Å². The highest BCUT2D eigenvalue weighted by Crippen LogP contribution is 2.51. The molecule has 3 atom stereocenters. The third-order valence-corrected chi connectivity index (χ3v) is 6.02. The van der Waals surface area contributed by atoms with Gasteiger partial charge in [-0.3, -0.25) is 14.4 Å². The van der Waals surface area contributed by atoms with Crippen molar-refractivity contribution in [3.63, 3.8) is 0 Å². The molecule has 2 amide bonds. The summed E-state index contributed by atoms with van der Waals surface area (Å²) < 4.78 is 10.5. The van der Waals surface area contributed by atoms with E-state index in [-0.39, 0.29) is 37.4 Å². The van der Waals surface area contributed by atoms with E-state index in [9.17, 15) is 14.4 Å². The number of carbonyl (C=O) groups is 3. The Kier molecular flexibility index (Phi) is 6.57.